The monoisotopic (exact) mass is 204 g/mol. The summed E-state index contributed by atoms with van der Waals surface area (Å²) in [5.74, 6) is -0.238. The van der Waals surface area contributed by atoms with Crippen LogP contribution in [0.3, 0.4) is 0 Å². The molecule has 0 bridgehead atoms. The molecule has 1 aliphatic rings. The predicted molar refractivity (Wildman–Crippen MR) is 51.8 cm³/mol. The van der Waals surface area contributed by atoms with Gasteiger partial charge in [0.2, 0.25) is 0 Å². The second kappa shape index (κ2) is 5.07. The molecule has 1 unspecified atom stereocenters. The molecule has 14 heavy (non-hydrogen) atoms. The first-order valence-electron chi connectivity index (χ1n) is 5.24. The van der Waals surface area contributed by atoms with Gasteiger partial charge >= 0.3 is 0 Å². The fourth-order valence-electron chi connectivity index (χ4n) is 1.94. The van der Waals surface area contributed by atoms with Gasteiger partial charge < -0.3 is 20.1 Å². The van der Waals surface area contributed by atoms with Crippen molar-refractivity contribution in [1.29, 1.82) is 0 Å². The van der Waals surface area contributed by atoms with Crippen molar-refractivity contribution in [2.75, 3.05) is 6.61 Å². The number of ether oxygens (including phenoxy) is 1. The molecule has 4 nitrogen and oxygen atoms in total. The lowest BCUT2D eigenvalue weighted by Gasteiger charge is -2.41. The molecule has 0 aromatic carbocycles. The van der Waals surface area contributed by atoms with E-state index in [1.807, 2.05) is 6.92 Å². The van der Waals surface area contributed by atoms with Crippen LogP contribution < -0.4 is 0 Å². The first kappa shape index (κ1) is 11.9. The van der Waals surface area contributed by atoms with E-state index >= 15 is 0 Å². The number of hydrogen-bond donors (Lipinski definition) is 3. The van der Waals surface area contributed by atoms with Crippen LogP contribution in [0.15, 0.2) is 0 Å². The zero-order chi connectivity index (χ0) is 10.7. The normalized spacial score (nSPS) is 43.9. The summed E-state index contributed by atoms with van der Waals surface area (Å²) in [6.45, 7) is 3.60. The van der Waals surface area contributed by atoms with Gasteiger partial charge in [-0.25, -0.2) is 0 Å². The van der Waals surface area contributed by atoms with E-state index in [1.54, 1.807) is 6.92 Å². The molecule has 0 radical (unpaired) electrons. The molecule has 0 saturated carbocycles. The molecule has 1 aliphatic heterocycles. The summed E-state index contributed by atoms with van der Waals surface area (Å²) in [6.07, 6.45) is -0.534. The Morgan fingerprint density at radius 3 is 2.21 bits per heavy atom. The molecule has 84 valence electrons. The highest BCUT2D eigenvalue weighted by atomic mass is 16.5. The summed E-state index contributed by atoms with van der Waals surface area (Å²) in [4.78, 5) is 0. The van der Waals surface area contributed by atoms with Crippen LogP contribution in [-0.2, 0) is 4.74 Å². The highest BCUT2D eigenvalue weighted by Gasteiger charge is 2.40. The topological polar surface area (TPSA) is 69.9 Å². The zero-order valence-electron chi connectivity index (χ0n) is 8.76. The molecule has 3 N–H and O–H groups in total. The standard InChI is InChI=1S/C10H20O4/c1-3-4-7-9(12)6(2)10(13)8(5-11)14-7/h6-13H,3-5H2,1-2H3/t6-,7?,8-,9+,10+/m1/s1. The number of aliphatic hydroxyl groups excluding tert-OH is 3. The molecule has 4 heteroatoms. The van der Waals surface area contributed by atoms with Crippen molar-refractivity contribution in [3.05, 3.63) is 0 Å². The van der Waals surface area contributed by atoms with Crippen LogP contribution in [0.5, 0.6) is 0 Å². The van der Waals surface area contributed by atoms with E-state index in [-0.39, 0.29) is 18.6 Å². The van der Waals surface area contributed by atoms with Gasteiger partial charge in [-0.15, -0.1) is 0 Å². The Kier molecular flexibility index (Phi) is 4.31. The average Bonchev–Trinajstić information content (AvgIpc) is 2.19. The molecular weight excluding hydrogens is 184 g/mol. The molecule has 5 atom stereocenters. The summed E-state index contributed by atoms with van der Waals surface area (Å²) in [6, 6.07) is 0. The van der Waals surface area contributed by atoms with Crippen molar-refractivity contribution in [3.8, 4) is 0 Å². The van der Waals surface area contributed by atoms with Crippen LogP contribution in [0.25, 0.3) is 0 Å². The Hall–Kier alpha value is -0.160. The summed E-state index contributed by atoms with van der Waals surface area (Å²) >= 11 is 0. The Bertz CT molecular complexity index is 170. The molecule has 1 rings (SSSR count). The fourth-order valence-corrected chi connectivity index (χ4v) is 1.94. The fraction of sp³-hybridized carbons (Fsp3) is 1.00. The minimum absolute atomic E-state index is 0.196. The van der Waals surface area contributed by atoms with Gasteiger partial charge in [0.15, 0.2) is 0 Å². The highest BCUT2D eigenvalue weighted by molar-refractivity contribution is 4.89. The van der Waals surface area contributed by atoms with Gasteiger partial charge in [0.1, 0.15) is 6.10 Å². The summed E-state index contributed by atoms with van der Waals surface area (Å²) < 4.78 is 5.42. The summed E-state index contributed by atoms with van der Waals surface area (Å²) in [5, 5.41) is 28.4. The Morgan fingerprint density at radius 2 is 1.71 bits per heavy atom. The van der Waals surface area contributed by atoms with E-state index in [9.17, 15) is 10.2 Å². The first-order chi connectivity index (χ1) is 6.61. The van der Waals surface area contributed by atoms with Gasteiger partial charge in [-0.2, -0.15) is 0 Å². The molecule has 1 saturated heterocycles. The third kappa shape index (κ3) is 2.25. The Morgan fingerprint density at radius 1 is 1.14 bits per heavy atom. The van der Waals surface area contributed by atoms with E-state index in [2.05, 4.69) is 0 Å². The molecule has 0 aliphatic carbocycles. The van der Waals surface area contributed by atoms with Crippen LogP contribution >= 0.6 is 0 Å². The highest BCUT2D eigenvalue weighted by Crippen LogP contribution is 2.27. The van der Waals surface area contributed by atoms with Gasteiger partial charge in [0, 0.05) is 5.92 Å². The number of aliphatic hydroxyl groups is 3. The van der Waals surface area contributed by atoms with Crippen LogP contribution in [0.4, 0.5) is 0 Å². The lowest BCUT2D eigenvalue weighted by molar-refractivity contribution is -0.206. The zero-order valence-corrected chi connectivity index (χ0v) is 8.76. The molecular formula is C10H20O4. The van der Waals surface area contributed by atoms with E-state index in [0.717, 1.165) is 12.8 Å². The van der Waals surface area contributed by atoms with Crippen LogP contribution in [-0.4, -0.2) is 46.3 Å². The van der Waals surface area contributed by atoms with Crippen molar-refractivity contribution in [2.45, 2.75) is 51.1 Å². The first-order valence-corrected chi connectivity index (χ1v) is 5.24. The van der Waals surface area contributed by atoms with Gasteiger partial charge in [-0.1, -0.05) is 20.3 Å². The SMILES string of the molecule is CCCC1O[C@H](CO)[C@@H](O)[C@H](C)[C@@H]1O. The van der Waals surface area contributed by atoms with Gasteiger partial charge in [0.25, 0.3) is 0 Å². The second-order valence-corrected chi connectivity index (χ2v) is 4.02. The third-order valence-corrected chi connectivity index (χ3v) is 2.94. The van der Waals surface area contributed by atoms with Gasteiger partial charge in [-0.05, 0) is 6.42 Å². The number of rotatable bonds is 3. The van der Waals surface area contributed by atoms with Crippen LogP contribution in [0.1, 0.15) is 26.7 Å². The van der Waals surface area contributed by atoms with Crippen LogP contribution in [0.2, 0.25) is 0 Å². The van der Waals surface area contributed by atoms with Gasteiger partial charge in [-0.3, -0.25) is 0 Å². The lowest BCUT2D eigenvalue weighted by atomic mass is 9.86. The van der Waals surface area contributed by atoms with Crippen molar-refractivity contribution in [3.63, 3.8) is 0 Å². The molecule has 0 aromatic rings. The Balaban J connectivity index is 2.63. The molecule has 0 amide bonds. The molecule has 1 heterocycles. The molecule has 1 fully saturated rings. The van der Waals surface area contributed by atoms with E-state index in [0.29, 0.717) is 0 Å². The van der Waals surface area contributed by atoms with E-state index in [1.165, 1.54) is 0 Å². The van der Waals surface area contributed by atoms with Crippen molar-refractivity contribution >= 4 is 0 Å². The Labute approximate surface area is 84.5 Å². The average molecular weight is 204 g/mol. The van der Waals surface area contributed by atoms with E-state index < -0.39 is 18.3 Å². The maximum Gasteiger partial charge on any atom is 0.107 e. The van der Waals surface area contributed by atoms with E-state index in [4.69, 9.17) is 9.84 Å². The minimum atomic E-state index is -0.775. The summed E-state index contributed by atoms with van der Waals surface area (Å²) in [7, 11) is 0. The van der Waals surface area contributed by atoms with Gasteiger partial charge in [0.05, 0.1) is 24.9 Å². The predicted octanol–water partition coefficient (Wildman–Crippen LogP) is -0.0959. The lowest BCUT2D eigenvalue weighted by Crippen LogP contribution is -2.54. The van der Waals surface area contributed by atoms with Crippen LogP contribution in [0, 0.1) is 5.92 Å². The van der Waals surface area contributed by atoms with Crippen molar-refractivity contribution in [1.82, 2.24) is 0 Å². The van der Waals surface area contributed by atoms with Crippen molar-refractivity contribution < 1.29 is 20.1 Å². The largest absolute Gasteiger partial charge is 0.394 e. The summed E-state index contributed by atoms with van der Waals surface area (Å²) in [5.41, 5.74) is 0. The maximum atomic E-state index is 9.79. The molecule has 0 aromatic heterocycles. The quantitative estimate of drug-likeness (QED) is 0.600. The maximum absolute atomic E-state index is 9.79. The number of hydrogen-bond acceptors (Lipinski definition) is 4. The third-order valence-electron chi connectivity index (χ3n) is 2.94. The minimum Gasteiger partial charge on any atom is -0.394 e. The molecule has 0 spiro atoms. The second-order valence-electron chi connectivity index (χ2n) is 4.02. The smallest absolute Gasteiger partial charge is 0.107 e. The van der Waals surface area contributed by atoms with Crippen molar-refractivity contribution in [2.24, 2.45) is 5.92 Å².